The normalized spacial score (nSPS) is 13.8. The Labute approximate surface area is 186 Å². The monoisotopic (exact) mass is 492 g/mol. The molecular formula is C19H12Cl4O5S. The third-order valence-electron chi connectivity index (χ3n) is 4.43. The molecule has 0 heterocycles. The summed E-state index contributed by atoms with van der Waals surface area (Å²) in [5, 5.41) is 20.9. The highest BCUT2D eigenvalue weighted by Gasteiger charge is 2.51. The fourth-order valence-corrected chi connectivity index (χ4v) is 5.40. The van der Waals surface area contributed by atoms with Crippen LogP contribution in [0.3, 0.4) is 0 Å². The zero-order chi connectivity index (χ0) is 21.6. The standard InChI is InChI=1S/C19H12Cl4O5S/c20-11-3-1-10(2-4-11)19(29(26,27)28,13-6-5-12(21)9-16(13)23)14-7-8-15(22)18(25)17(14)24/h1-9,24-25H,(H,26,27,28). The topological polar surface area (TPSA) is 94.8 Å². The van der Waals surface area contributed by atoms with Crippen LogP contribution in [0.15, 0.2) is 54.6 Å². The maximum atomic E-state index is 12.9. The van der Waals surface area contributed by atoms with Gasteiger partial charge in [0.25, 0.3) is 10.1 Å². The van der Waals surface area contributed by atoms with E-state index >= 15 is 0 Å². The molecule has 0 aliphatic rings. The molecule has 10 heteroatoms. The van der Waals surface area contributed by atoms with Crippen LogP contribution in [0.25, 0.3) is 0 Å². The number of hydrogen-bond donors (Lipinski definition) is 3. The number of hydrogen-bond acceptors (Lipinski definition) is 4. The average molecular weight is 494 g/mol. The molecule has 0 fully saturated rings. The first-order valence-corrected chi connectivity index (χ1v) is 10.8. The molecule has 5 nitrogen and oxygen atoms in total. The van der Waals surface area contributed by atoms with Crippen molar-refractivity contribution in [2.24, 2.45) is 0 Å². The van der Waals surface area contributed by atoms with Crippen molar-refractivity contribution in [3.63, 3.8) is 0 Å². The van der Waals surface area contributed by atoms with Gasteiger partial charge in [0.15, 0.2) is 16.2 Å². The minimum absolute atomic E-state index is 0.00523. The maximum absolute atomic E-state index is 12.9. The van der Waals surface area contributed by atoms with Crippen molar-refractivity contribution in [2.45, 2.75) is 4.75 Å². The third kappa shape index (κ3) is 3.65. The molecule has 0 saturated heterocycles. The Morgan fingerprint density at radius 1 is 0.690 bits per heavy atom. The Morgan fingerprint density at radius 2 is 1.24 bits per heavy atom. The van der Waals surface area contributed by atoms with Crippen molar-refractivity contribution < 1.29 is 23.2 Å². The van der Waals surface area contributed by atoms with E-state index in [0.717, 1.165) is 0 Å². The summed E-state index contributed by atoms with van der Waals surface area (Å²) in [6.07, 6.45) is 0. The molecule has 0 bridgehead atoms. The van der Waals surface area contributed by atoms with Gasteiger partial charge in [0.2, 0.25) is 0 Å². The van der Waals surface area contributed by atoms with Crippen molar-refractivity contribution in [1.29, 1.82) is 0 Å². The summed E-state index contributed by atoms with van der Waals surface area (Å²) >= 11 is 24.0. The van der Waals surface area contributed by atoms with E-state index in [-0.39, 0.29) is 31.8 Å². The van der Waals surface area contributed by atoms with E-state index in [1.54, 1.807) is 0 Å². The Kier molecular flexibility index (Phi) is 5.98. The number of phenols is 2. The molecular weight excluding hydrogens is 482 g/mol. The quantitative estimate of drug-likeness (QED) is 0.239. The van der Waals surface area contributed by atoms with E-state index in [1.807, 2.05) is 0 Å². The summed E-state index contributed by atoms with van der Waals surface area (Å²) in [6.45, 7) is 0. The Bertz CT molecular complexity index is 1200. The summed E-state index contributed by atoms with van der Waals surface area (Å²) in [4.78, 5) is 0. The lowest BCUT2D eigenvalue weighted by atomic mass is 9.83. The van der Waals surface area contributed by atoms with E-state index in [0.29, 0.717) is 5.02 Å². The molecule has 1 unspecified atom stereocenters. The van der Waals surface area contributed by atoms with Crippen LogP contribution in [0.4, 0.5) is 0 Å². The number of halogens is 4. The molecule has 0 radical (unpaired) electrons. The minimum atomic E-state index is -5.07. The predicted octanol–water partition coefficient (Wildman–Crippen LogP) is 5.89. The SMILES string of the molecule is O=S(=O)(O)C(c1ccc(Cl)cc1)(c1ccc(Cl)cc1Cl)c1ccc(Cl)c(O)c1O. The summed E-state index contributed by atoms with van der Waals surface area (Å²) in [5.74, 6) is -1.59. The van der Waals surface area contributed by atoms with Crippen LogP contribution in [0.2, 0.25) is 20.1 Å². The van der Waals surface area contributed by atoms with Crippen LogP contribution in [0.1, 0.15) is 16.7 Å². The highest BCUT2D eigenvalue weighted by atomic mass is 35.5. The van der Waals surface area contributed by atoms with Crippen molar-refractivity contribution in [3.8, 4) is 11.5 Å². The van der Waals surface area contributed by atoms with Gasteiger partial charge in [-0.3, -0.25) is 4.55 Å². The van der Waals surface area contributed by atoms with Crippen LogP contribution >= 0.6 is 46.4 Å². The number of aromatic hydroxyl groups is 2. The predicted molar refractivity (Wildman–Crippen MR) is 114 cm³/mol. The second-order valence-electron chi connectivity index (χ2n) is 6.08. The van der Waals surface area contributed by atoms with Gasteiger partial charge in [-0.15, -0.1) is 0 Å². The summed E-state index contributed by atoms with van der Waals surface area (Å²) < 4.78 is 33.9. The second kappa shape index (κ2) is 7.87. The molecule has 0 amide bonds. The first-order chi connectivity index (χ1) is 13.5. The van der Waals surface area contributed by atoms with Crippen LogP contribution < -0.4 is 0 Å². The largest absolute Gasteiger partial charge is 0.504 e. The summed E-state index contributed by atoms with van der Waals surface area (Å²) in [5.41, 5.74) is -0.468. The molecule has 3 N–H and O–H groups in total. The smallest absolute Gasteiger partial charge is 0.283 e. The molecule has 1 atom stereocenters. The highest BCUT2D eigenvalue weighted by Crippen LogP contribution is 2.52. The molecule has 152 valence electrons. The Balaban J connectivity index is 2.59. The third-order valence-corrected chi connectivity index (χ3v) is 6.98. The van der Waals surface area contributed by atoms with Crippen molar-refractivity contribution in [2.75, 3.05) is 0 Å². The zero-order valence-corrected chi connectivity index (χ0v) is 18.1. The maximum Gasteiger partial charge on any atom is 0.283 e. The van der Waals surface area contributed by atoms with Crippen LogP contribution in [0.5, 0.6) is 11.5 Å². The lowest BCUT2D eigenvalue weighted by Gasteiger charge is -2.33. The molecule has 0 saturated carbocycles. The Morgan fingerprint density at radius 3 is 1.79 bits per heavy atom. The number of benzene rings is 3. The van der Waals surface area contributed by atoms with Gasteiger partial charge in [0.1, 0.15) is 0 Å². The van der Waals surface area contributed by atoms with E-state index in [2.05, 4.69) is 0 Å². The number of rotatable bonds is 4. The molecule has 0 aliphatic carbocycles. The Hall–Kier alpha value is -1.67. The van der Waals surface area contributed by atoms with Crippen molar-refractivity contribution in [1.82, 2.24) is 0 Å². The van der Waals surface area contributed by atoms with Crippen LogP contribution in [-0.4, -0.2) is 23.2 Å². The molecule has 3 aromatic rings. The zero-order valence-electron chi connectivity index (χ0n) is 14.3. The van der Waals surface area contributed by atoms with Crippen molar-refractivity contribution >= 4 is 56.5 Å². The van der Waals surface area contributed by atoms with Gasteiger partial charge in [0.05, 0.1) is 5.02 Å². The van der Waals surface area contributed by atoms with E-state index in [4.69, 9.17) is 46.4 Å². The number of phenolic OH excluding ortho intramolecular Hbond substituents is 2. The first kappa shape index (κ1) is 22.0. The van der Waals surface area contributed by atoms with E-state index < -0.39 is 26.4 Å². The fourth-order valence-electron chi connectivity index (χ4n) is 3.18. The van der Waals surface area contributed by atoms with Crippen LogP contribution in [0, 0.1) is 0 Å². The van der Waals surface area contributed by atoms with Gasteiger partial charge >= 0.3 is 0 Å². The van der Waals surface area contributed by atoms with Crippen LogP contribution in [-0.2, 0) is 14.9 Å². The molecule has 0 aliphatic heterocycles. The molecule has 0 spiro atoms. The van der Waals surface area contributed by atoms with E-state index in [1.165, 1.54) is 54.6 Å². The minimum Gasteiger partial charge on any atom is -0.504 e. The van der Waals surface area contributed by atoms with Gasteiger partial charge in [-0.1, -0.05) is 70.7 Å². The molecule has 0 aromatic heterocycles. The summed E-state index contributed by atoms with van der Waals surface area (Å²) in [7, 11) is -5.07. The van der Waals surface area contributed by atoms with E-state index in [9.17, 15) is 23.2 Å². The fraction of sp³-hybridized carbons (Fsp3) is 0.0526. The first-order valence-electron chi connectivity index (χ1n) is 7.89. The highest BCUT2D eigenvalue weighted by molar-refractivity contribution is 7.87. The van der Waals surface area contributed by atoms with Gasteiger partial charge in [0, 0.05) is 26.2 Å². The second-order valence-corrected chi connectivity index (χ2v) is 9.33. The van der Waals surface area contributed by atoms with Crippen molar-refractivity contribution in [3.05, 3.63) is 91.4 Å². The average Bonchev–Trinajstić information content (AvgIpc) is 2.63. The van der Waals surface area contributed by atoms with Gasteiger partial charge in [-0.2, -0.15) is 8.42 Å². The van der Waals surface area contributed by atoms with Gasteiger partial charge in [-0.05, 0) is 35.9 Å². The van der Waals surface area contributed by atoms with Gasteiger partial charge < -0.3 is 10.2 Å². The summed E-state index contributed by atoms with van der Waals surface area (Å²) in [6, 6.07) is 11.9. The molecule has 3 rings (SSSR count). The molecule has 29 heavy (non-hydrogen) atoms. The molecule has 3 aromatic carbocycles. The lowest BCUT2D eigenvalue weighted by molar-refractivity contribution is 0.394. The lowest BCUT2D eigenvalue weighted by Crippen LogP contribution is -2.38. The van der Waals surface area contributed by atoms with Gasteiger partial charge in [-0.25, -0.2) is 0 Å².